The highest BCUT2D eigenvalue weighted by atomic mass is 16.1. The summed E-state index contributed by atoms with van der Waals surface area (Å²) in [6, 6.07) is 5.80. The first-order valence-corrected chi connectivity index (χ1v) is 6.84. The highest BCUT2D eigenvalue weighted by molar-refractivity contribution is 5.97. The van der Waals surface area contributed by atoms with E-state index in [1.807, 2.05) is 12.1 Å². The molecule has 1 fully saturated rings. The molecule has 1 aromatic carbocycles. The molecule has 0 spiro atoms. The summed E-state index contributed by atoms with van der Waals surface area (Å²) in [5.74, 6) is -0.000506. The Morgan fingerprint density at radius 1 is 1.05 bits per heavy atom. The van der Waals surface area contributed by atoms with E-state index in [0.29, 0.717) is 11.6 Å². The fourth-order valence-corrected chi connectivity index (χ4v) is 2.62. The monoisotopic (exact) mass is 255 g/mol. The molecule has 98 valence electrons. The lowest BCUT2D eigenvalue weighted by molar-refractivity contribution is 0.0928. The molecule has 0 radical (unpaired) electrons. The Hall–Kier alpha value is -1.97. The maximum absolute atomic E-state index is 12.2. The van der Waals surface area contributed by atoms with Crippen LogP contribution in [0.15, 0.2) is 30.6 Å². The van der Waals surface area contributed by atoms with E-state index in [4.69, 9.17) is 0 Å². The van der Waals surface area contributed by atoms with Gasteiger partial charge in [0.2, 0.25) is 0 Å². The Morgan fingerprint density at radius 3 is 2.58 bits per heavy atom. The van der Waals surface area contributed by atoms with Gasteiger partial charge in [-0.2, -0.15) is 0 Å². The summed E-state index contributed by atoms with van der Waals surface area (Å²) in [6.07, 6.45) is 9.22. The standard InChI is InChI=1S/C15H17N3O/c19-15(18-12-4-2-1-3-5-12)11-6-7-13-14(10-11)17-9-8-16-13/h6-10,12H,1-5H2,(H,18,19). The van der Waals surface area contributed by atoms with E-state index in [2.05, 4.69) is 15.3 Å². The number of nitrogens with one attached hydrogen (secondary N) is 1. The first-order chi connectivity index (χ1) is 9.33. The van der Waals surface area contributed by atoms with Gasteiger partial charge in [-0.3, -0.25) is 14.8 Å². The van der Waals surface area contributed by atoms with Crippen LogP contribution in [0.25, 0.3) is 11.0 Å². The number of nitrogens with zero attached hydrogens (tertiary/aromatic N) is 2. The predicted molar refractivity (Wildman–Crippen MR) is 73.9 cm³/mol. The second-order valence-electron chi connectivity index (χ2n) is 5.07. The van der Waals surface area contributed by atoms with Gasteiger partial charge >= 0.3 is 0 Å². The number of fused-ring (bicyclic) bond motifs is 1. The molecule has 1 aromatic heterocycles. The molecule has 19 heavy (non-hydrogen) atoms. The Labute approximate surface area is 112 Å². The zero-order valence-electron chi connectivity index (χ0n) is 10.8. The molecule has 1 N–H and O–H groups in total. The highest BCUT2D eigenvalue weighted by Crippen LogP contribution is 2.18. The Bertz CT molecular complexity index is 591. The molecule has 1 amide bonds. The summed E-state index contributed by atoms with van der Waals surface area (Å²) in [6.45, 7) is 0. The van der Waals surface area contributed by atoms with Crippen LogP contribution in [0.5, 0.6) is 0 Å². The number of rotatable bonds is 2. The largest absolute Gasteiger partial charge is 0.349 e. The molecule has 0 atom stereocenters. The summed E-state index contributed by atoms with van der Waals surface area (Å²) in [5, 5.41) is 3.11. The Balaban J connectivity index is 1.77. The highest BCUT2D eigenvalue weighted by Gasteiger charge is 2.16. The third-order valence-electron chi connectivity index (χ3n) is 3.67. The maximum atomic E-state index is 12.2. The third-order valence-corrected chi connectivity index (χ3v) is 3.67. The fraction of sp³-hybridized carbons (Fsp3) is 0.400. The van der Waals surface area contributed by atoms with E-state index in [9.17, 15) is 4.79 Å². The lowest BCUT2D eigenvalue weighted by Gasteiger charge is -2.22. The van der Waals surface area contributed by atoms with Gasteiger partial charge < -0.3 is 5.32 Å². The van der Waals surface area contributed by atoms with E-state index in [-0.39, 0.29) is 5.91 Å². The molecule has 0 bridgehead atoms. The van der Waals surface area contributed by atoms with E-state index in [1.54, 1.807) is 18.5 Å². The van der Waals surface area contributed by atoms with Crippen molar-refractivity contribution in [3.05, 3.63) is 36.2 Å². The number of carbonyl (C=O) groups is 1. The number of aromatic nitrogens is 2. The molecule has 1 aliphatic carbocycles. The zero-order valence-corrected chi connectivity index (χ0v) is 10.8. The van der Waals surface area contributed by atoms with Gasteiger partial charge in [0, 0.05) is 24.0 Å². The van der Waals surface area contributed by atoms with Gasteiger partial charge in [0.25, 0.3) is 5.91 Å². The number of hydrogen-bond acceptors (Lipinski definition) is 3. The summed E-state index contributed by atoms with van der Waals surface area (Å²) >= 11 is 0. The van der Waals surface area contributed by atoms with Crippen LogP contribution < -0.4 is 5.32 Å². The molecule has 2 aromatic rings. The van der Waals surface area contributed by atoms with Gasteiger partial charge in [0.05, 0.1) is 11.0 Å². The lowest BCUT2D eigenvalue weighted by atomic mass is 9.95. The molecular weight excluding hydrogens is 238 g/mol. The van der Waals surface area contributed by atoms with Crippen molar-refractivity contribution in [1.29, 1.82) is 0 Å². The number of benzene rings is 1. The van der Waals surface area contributed by atoms with E-state index in [1.165, 1.54) is 19.3 Å². The Kier molecular flexibility index (Phi) is 3.40. The lowest BCUT2D eigenvalue weighted by Crippen LogP contribution is -2.36. The molecule has 1 heterocycles. The quantitative estimate of drug-likeness (QED) is 0.897. The molecule has 4 nitrogen and oxygen atoms in total. The van der Waals surface area contributed by atoms with Crippen molar-refractivity contribution in [2.45, 2.75) is 38.1 Å². The van der Waals surface area contributed by atoms with Gasteiger partial charge in [0.1, 0.15) is 0 Å². The molecule has 0 aliphatic heterocycles. The van der Waals surface area contributed by atoms with E-state index >= 15 is 0 Å². The van der Waals surface area contributed by atoms with Crippen LogP contribution >= 0.6 is 0 Å². The third kappa shape index (κ3) is 2.72. The van der Waals surface area contributed by atoms with E-state index in [0.717, 1.165) is 23.9 Å². The van der Waals surface area contributed by atoms with Crippen molar-refractivity contribution in [1.82, 2.24) is 15.3 Å². The smallest absolute Gasteiger partial charge is 0.251 e. The van der Waals surface area contributed by atoms with Crippen molar-refractivity contribution in [3.63, 3.8) is 0 Å². The minimum atomic E-state index is -0.000506. The molecule has 4 heteroatoms. The molecular formula is C15H17N3O. The van der Waals surface area contributed by atoms with Gasteiger partial charge in [-0.25, -0.2) is 0 Å². The van der Waals surface area contributed by atoms with Gasteiger partial charge in [0.15, 0.2) is 0 Å². The number of hydrogen-bond donors (Lipinski definition) is 1. The van der Waals surface area contributed by atoms with Crippen LogP contribution in [0.2, 0.25) is 0 Å². The minimum absolute atomic E-state index is 0.000506. The normalized spacial score (nSPS) is 16.4. The van der Waals surface area contributed by atoms with Crippen LogP contribution in [0, 0.1) is 0 Å². The maximum Gasteiger partial charge on any atom is 0.251 e. The molecule has 3 rings (SSSR count). The first-order valence-electron chi connectivity index (χ1n) is 6.84. The van der Waals surface area contributed by atoms with Crippen LogP contribution in [0.1, 0.15) is 42.5 Å². The van der Waals surface area contributed by atoms with Crippen LogP contribution in [-0.2, 0) is 0 Å². The second-order valence-corrected chi connectivity index (χ2v) is 5.07. The second kappa shape index (κ2) is 5.34. The van der Waals surface area contributed by atoms with Crippen LogP contribution in [-0.4, -0.2) is 21.9 Å². The fourth-order valence-electron chi connectivity index (χ4n) is 2.62. The summed E-state index contributed by atoms with van der Waals surface area (Å²) in [5.41, 5.74) is 2.24. The van der Waals surface area contributed by atoms with Crippen molar-refractivity contribution in [3.8, 4) is 0 Å². The Morgan fingerprint density at radius 2 is 1.79 bits per heavy atom. The van der Waals surface area contributed by atoms with Gasteiger partial charge in [-0.15, -0.1) is 0 Å². The SMILES string of the molecule is O=C(NC1CCCCC1)c1ccc2nccnc2c1. The minimum Gasteiger partial charge on any atom is -0.349 e. The predicted octanol–water partition coefficient (Wildman–Crippen LogP) is 2.69. The molecule has 0 unspecified atom stereocenters. The average Bonchev–Trinajstić information content (AvgIpc) is 2.48. The molecule has 1 aliphatic rings. The number of amides is 1. The van der Waals surface area contributed by atoms with Crippen LogP contribution in [0.3, 0.4) is 0 Å². The topological polar surface area (TPSA) is 54.9 Å². The average molecular weight is 255 g/mol. The van der Waals surface area contributed by atoms with Gasteiger partial charge in [-0.05, 0) is 31.0 Å². The molecule has 0 saturated heterocycles. The summed E-state index contributed by atoms with van der Waals surface area (Å²) < 4.78 is 0. The summed E-state index contributed by atoms with van der Waals surface area (Å²) in [4.78, 5) is 20.6. The first kappa shape index (κ1) is 12.1. The van der Waals surface area contributed by atoms with Crippen molar-refractivity contribution >= 4 is 16.9 Å². The summed E-state index contributed by atoms with van der Waals surface area (Å²) in [7, 11) is 0. The zero-order chi connectivity index (χ0) is 13.1. The van der Waals surface area contributed by atoms with Crippen molar-refractivity contribution in [2.24, 2.45) is 0 Å². The van der Waals surface area contributed by atoms with Crippen molar-refractivity contribution < 1.29 is 4.79 Å². The van der Waals surface area contributed by atoms with Crippen LogP contribution in [0.4, 0.5) is 0 Å². The molecule has 1 saturated carbocycles. The van der Waals surface area contributed by atoms with Gasteiger partial charge in [-0.1, -0.05) is 19.3 Å². The van der Waals surface area contributed by atoms with Crippen molar-refractivity contribution in [2.75, 3.05) is 0 Å². The number of carbonyl (C=O) groups excluding carboxylic acids is 1. The van der Waals surface area contributed by atoms with E-state index < -0.39 is 0 Å².